The molecule has 3 aromatic rings. The fraction of sp³-hybridized carbons (Fsp3) is 0.500. The first-order valence-electron chi connectivity index (χ1n) is 10.3. The molecule has 3 aromatic heterocycles. The summed E-state index contributed by atoms with van der Waals surface area (Å²) in [4.78, 5) is 22.9. The van der Waals surface area contributed by atoms with Gasteiger partial charge in [0.25, 0.3) is 0 Å². The molecule has 2 aliphatic heterocycles. The summed E-state index contributed by atoms with van der Waals surface area (Å²) in [6, 6.07) is 0. The third-order valence-corrected chi connectivity index (χ3v) is 5.70. The number of anilines is 2. The van der Waals surface area contributed by atoms with Gasteiger partial charge in [-0.25, -0.2) is 19.9 Å². The first-order valence-corrected chi connectivity index (χ1v) is 10.3. The number of nitrogens with two attached hydrogens (primary N) is 1. The van der Waals surface area contributed by atoms with Crippen molar-refractivity contribution < 1.29 is 9.47 Å². The van der Waals surface area contributed by atoms with Crippen molar-refractivity contribution in [2.45, 2.75) is 13.0 Å². The average molecular weight is 410 g/mol. The third-order valence-electron chi connectivity index (χ3n) is 5.70. The molecule has 0 spiro atoms. The smallest absolute Gasteiger partial charge is 0.219 e. The molecular weight excluding hydrogens is 384 g/mol. The van der Waals surface area contributed by atoms with Crippen LogP contribution in [0.15, 0.2) is 18.6 Å². The Morgan fingerprint density at radius 2 is 1.93 bits per heavy atom. The van der Waals surface area contributed by atoms with Gasteiger partial charge >= 0.3 is 0 Å². The number of imidazole rings is 1. The van der Waals surface area contributed by atoms with E-state index >= 15 is 0 Å². The zero-order valence-electron chi connectivity index (χ0n) is 17.1. The van der Waals surface area contributed by atoms with Crippen molar-refractivity contribution in [1.29, 1.82) is 0 Å². The Balaban J connectivity index is 1.60. The molecule has 0 amide bonds. The number of hydrogen-bond acceptors (Lipinski definition) is 9. The van der Waals surface area contributed by atoms with Crippen LogP contribution in [0.2, 0.25) is 0 Å². The van der Waals surface area contributed by atoms with Gasteiger partial charge in [0.05, 0.1) is 31.2 Å². The number of hydrogen-bond donors (Lipinski definition) is 1. The summed E-state index contributed by atoms with van der Waals surface area (Å²) in [5, 5.41) is 0. The molecule has 158 valence electrons. The van der Waals surface area contributed by atoms with Gasteiger partial charge in [-0.05, 0) is 0 Å². The highest BCUT2D eigenvalue weighted by molar-refractivity contribution is 5.71. The number of fused-ring (bicyclic) bond motifs is 3. The Kier molecular flexibility index (Phi) is 5.19. The minimum absolute atomic E-state index is 0.254. The summed E-state index contributed by atoms with van der Waals surface area (Å²) in [6.45, 7) is 6.41. The normalized spacial score (nSPS) is 17.4. The van der Waals surface area contributed by atoms with Gasteiger partial charge in [-0.1, -0.05) is 0 Å². The first-order chi connectivity index (χ1) is 14.7. The number of nitrogen functional groups attached to an aromatic ring is 1. The Morgan fingerprint density at radius 1 is 1.13 bits per heavy atom. The maximum absolute atomic E-state index is 5.67. The van der Waals surface area contributed by atoms with Crippen LogP contribution in [0.25, 0.3) is 16.9 Å². The zero-order chi connectivity index (χ0) is 20.5. The number of aromatic nitrogens is 5. The second-order valence-electron chi connectivity index (χ2n) is 7.60. The van der Waals surface area contributed by atoms with Gasteiger partial charge in [-0.15, -0.1) is 0 Å². The first kappa shape index (κ1) is 19.2. The predicted molar refractivity (Wildman–Crippen MR) is 112 cm³/mol. The summed E-state index contributed by atoms with van der Waals surface area (Å²) >= 11 is 0. The molecule has 2 N–H and O–H groups in total. The lowest BCUT2D eigenvalue weighted by Crippen LogP contribution is -2.37. The van der Waals surface area contributed by atoms with Gasteiger partial charge in [-0.2, -0.15) is 0 Å². The Morgan fingerprint density at radius 3 is 2.70 bits per heavy atom. The van der Waals surface area contributed by atoms with Crippen LogP contribution in [0.4, 0.5) is 11.8 Å². The molecule has 0 aliphatic carbocycles. The van der Waals surface area contributed by atoms with E-state index < -0.39 is 0 Å². The van der Waals surface area contributed by atoms with Crippen LogP contribution in [-0.4, -0.2) is 82.3 Å². The molecule has 0 atom stereocenters. The lowest BCUT2D eigenvalue weighted by atomic mass is 10.1. The van der Waals surface area contributed by atoms with E-state index in [9.17, 15) is 0 Å². The van der Waals surface area contributed by atoms with E-state index in [-0.39, 0.29) is 5.95 Å². The molecule has 0 saturated carbocycles. The second kappa shape index (κ2) is 8.13. The predicted octanol–water partition coefficient (Wildman–Crippen LogP) is 0.610. The maximum Gasteiger partial charge on any atom is 0.219 e. The molecule has 0 unspecified atom stereocenters. The number of ether oxygens (including phenoxy) is 2. The van der Waals surface area contributed by atoms with Gasteiger partial charge in [0.15, 0.2) is 11.5 Å². The SMILES string of the molecule is COCCN1CCc2c(nc3c(N4CCOCC4)nc(-c4cnc(N)nc4)cn23)C1. The fourth-order valence-corrected chi connectivity index (χ4v) is 4.08. The van der Waals surface area contributed by atoms with E-state index in [1.807, 2.05) is 6.20 Å². The largest absolute Gasteiger partial charge is 0.383 e. The topological polar surface area (TPSA) is 107 Å². The molecule has 0 bridgehead atoms. The summed E-state index contributed by atoms with van der Waals surface area (Å²) in [5.74, 6) is 1.13. The van der Waals surface area contributed by atoms with Crippen molar-refractivity contribution in [3.8, 4) is 11.3 Å². The summed E-state index contributed by atoms with van der Waals surface area (Å²) in [5.41, 5.74) is 10.6. The average Bonchev–Trinajstić information content (AvgIpc) is 3.16. The number of methoxy groups -OCH3 is 1. The van der Waals surface area contributed by atoms with Crippen molar-refractivity contribution in [3.63, 3.8) is 0 Å². The van der Waals surface area contributed by atoms with E-state index in [4.69, 9.17) is 25.2 Å². The highest BCUT2D eigenvalue weighted by Crippen LogP contribution is 2.29. The summed E-state index contributed by atoms with van der Waals surface area (Å²) in [7, 11) is 1.74. The van der Waals surface area contributed by atoms with Crippen LogP contribution in [-0.2, 0) is 22.4 Å². The van der Waals surface area contributed by atoms with Gasteiger partial charge in [0.2, 0.25) is 5.95 Å². The Hall–Kier alpha value is -2.82. The number of rotatable bonds is 5. The molecule has 1 saturated heterocycles. The lowest BCUT2D eigenvalue weighted by Gasteiger charge is -2.28. The molecule has 30 heavy (non-hydrogen) atoms. The van der Waals surface area contributed by atoms with Crippen molar-refractivity contribution >= 4 is 17.4 Å². The third kappa shape index (κ3) is 3.57. The van der Waals surface area contributed by atoms with Crippen LogP contribution < -0.4 is 10.6 Å². The maximum atomic E-state index is 5.67. The lowest BCUT2D eigenvalue weighted by molar-refractivity contribution is 0.122. The molecule has 0 aromatic carbocycles. The van der Waals surface area contributed by atoms with Crippen molar-refractivity contribution in [2.75, 3.05) is 63.7 Å². The van der Waals surface area contributed by atoms with Gasteiger partial charge in [-0.3, -0.25) is 9.30 Å². The quantitative estimate of drug-likeness (QED) is 0.647. The van der Waals surface area contributed by atoms with E-state index in [1.165, 1.54) is 5.69 Å². The van der Waals surface area contributed by atoms with E-state index in [0.717, 1.165) is 74.2 Å². The molecule has 5 rings (SSSR count). The molecule has 10 nitrogen and oxygen atoms in total. The van der Waals surface area contributed by atoms with Crippen LogP contribution in [0.1, 0.15) is 11.4 Å². The highest BCUT2D eigenvalue weighted by atomic mass is 16.5. The van der Waals surface area contributed by atoms with Crippen LogP contribution in [0.5, 0.6) is 0 Å². The zero-order valence-corrected chi connectivity index (χ0v) is 17.1. The minimum atomic E-state index is 0.254. The van der Waals surface area contributed by atoms with Crippen molar-refractivity contribution in [2.24, 2.45) is 0 Å². The molecule has 10 heteroatoms. The van der Waals surface area contributed by atoms with Crippen molar-refractivity contribution in [3.05, 3.63) is 30.0 Å². The molecule has 0 radical (unpaired) electrons. The second-order valence-corrected chi connectivity index (χ2v) is 7.60. The van der Waals surface area contributed by atoms with Crippen LogP contribution in [0.3, 0.4) is 0 Å². The van der Waals surface area contributed by atoms with E-state index in [1.54, 1.807) is 19.5 Å². The Bertz CT molecular complexity index is 1030. The molecular formula is C20H26N8O2. The van der Waals surface area contributed by atoms with Gasteiger partial charge in [0.1, 0.15) is 0 Å². The van der Waals surface area contributed by atoms with E-state index in [0.29, 0.717) is 13.2 Å². The van der Waals surface area contributed by atoms with Crippen LogP contribution >= 0.6 is 0 Å². The summed E-state index contributed by atoms with van der Waals surface area (Å²) in [6.07, 6.45) is 6.42. The number of morpholine rings is 1. The van der Waals surface area contributed by atoms with Crippen LogP contribution in [0, 0.1) is 0 Å². The molecule has 5 heterocycles. The highest BCUT2D eigenvalue weighted by Gasteiger charge is 2.26. The van der Waals surface area contributed by atoms with Gasteiger partial charge < -0.3 is 20.1 Å². The monoisotopic (exact) mass is 410 g/mol. The fourth-order valence-electron chi connectivity index (χ4n) is 4.08. The number of nitrogens with zero attached hydrogens (tertiary/aromatic N) is 7. The summed E-state index contributed by atoms with van der Waals surface area (Å²) < 4.78 is 13.0. The van der Waals surface area contributed by atoms with E-state index in [2.05, 4.69) is 24.2 Å². The van der Waals surface area contributed by atoms with Crippen molar-refractivity contribution in [1.82, 2.24) is 29.2 Å². The molecule has 2 aliphatic rings. The molecule has 1 fully saturated rings. The Labute approximate surface area is 174 Å². The van der Waals surface area contributed by atoms with Gasteiger partial charge in [0, 0.05) is 76.1 Å². The standard InChI is InChI=1S/C20H26N8O2/c1-29-7-4-26-3-2-17-16(12-26)25-19-18(27-5-8-30-9-6-27)24-15(13-28(17)19)14-10-22-20(21)23-11-14/h10-11,13H,2-9,12H2,1H3,(H2,21,22,23). The minimum Gasteiger partial charge on any atom is -0.383 e.